The number of ether oxygens (including phenoxy) is 2. The summed E-state index contributed by atoms with van der Waals surface area (Å²) in [5, 5.41) is 2.84. The van der Waals surface area contributed by atoms with Crippen LogP contribution in [0.1, 0.15) is 30.1 Å². The molecule has 1 aliphatic rings. The highest BCUT2D eigenvalue weighted by atomic mass is 19.1. The average molecular weight is 267 g/mol. The van der Waals surface area contributed by atoms with Crippen LogP contribution in [0, 0.1) is 5.82 Å². The van der Waals surface area contributed by atoms with Crippen molar-refractivity contribution in [2.45, 2.75) is 31.9 Å². The summed E-state index contributed by atoms with van der Waals surface area (Å²) >= 11 is 0. The lowest BCUT2D eigenvalue weighted by Crippen LogP contribution is -2.41. The van der Waals surface area contributed by atoms with Gasteiger partial charge in [0, 0.05) is 18.7 Å². The normalized spacial score (nSPS) is 22.9. The summed E-state index contributed by atoms with van der Waals surface area (Å²) in [6, 6.07) is 4.26. The van der Waals surface area contributed by atoms with Crippen LogP contribution in [0.4, 0.5) is 4.39 Å². The van der Waals surface area contributed by atoms with Crippen LogP contribution in [0.5, 0.6) is 5.75 Å². The SMILES string of the molecule is COc1ccc(C(=O)NC2CCOC(C)C2)c(F)c1. The summed E-state index contributed by atoms with van der Waals surface area (Å²) in [6.45, 7) is 2.59. The van der Waals surface area contributed by atoms with E-state index in [1.54, 1.807) is 6.07 Å². The number of hydrogen-bond donors (Lipinski definition) is 1. The van der Waals surface area contributed by atoms with E-state index in [2.05, 4.69) is 5.32 Å². The monoisotopic (exact) mass is 267 g/mol. The van der Waals surface area contributed by atoms with Gasteiger partial charge in [0.1, 0.15) is 11.6 Å². The Kier molecular flexibility index (Phi) is 4.37. The molecule has 0 spiro atoms. The van der Waals surface area contributed by atoms with Crippen LogP contribution >= 0.6 is 0 Å². The fourth-order valence-corrected chi connectivity index (χ4v) is 2.20. The van der Waals surface area contributed by atoms with Gasteiger partial charge in [-0.05, 0) is 31.9 Å². The van der Waals surface area contributed by atoms with Crippen molar-refractivity contribution in [2.75, 3.05) is 13.7 Å². The summed E-state index contributed by atoms with van der Waals surface area (Å²) in [5.41, 5.74) is 0.0416. The van der Waals surface area contributed by atoms with Crippen molar-refractivity contribution in [2.24, 2.45) is 0 Å². The van der Waals surface area contributed by atoms with E-state index in [4.69, 9.17) is 9.47 Å². The quantitative estimate of drug-likeness (QED) is 0.912. The summed E-state index contributed by atoms with van der Waals surface area (Å²) in [4.78, 5) is 12.0. The molecule has 1 saturated heterocycles. The van der Waals surface area contributed by atoms with Gasteiger partial charge >= 0.3 is 0 Å². The van der Waals surface area contributed by atoms with Crippen LogP contribution < -0.4 is 10.1 Å². The molecule has 104 valence electrons. The zero-order valence-electron chi connectivity index (χ0n) is 11.1. The van der Waals surface area contributed by atoms with Crippen molar-refractivity contribution in [1.82, 2.24) is 5.32 Å². The molecule has 1 aromatic carbocycles. The van der Waals surface area contributed by atoms with Gasteiger partial charge < -0.3 is 14.8 Å². The summed E-state index contributed by atoms with van der Waals surface area (Å²) < 4.78 is 24.1. The molecule has 1 N–H and O–H groups in total. The minimum Gasteiger partial charge on any atom is -0.497 e. The molecule has 1 aromatic rings. The minimum absolute atomic E-state index is 0.0396. The largest absolute Gasteiger partial charge is 0.497 e. The van der Waals surface area contributed by atoms with Crippen molar-refractivity contribution >= 4 is 5.91 Å². The van der Waals surface area contributed by atoms with Gasteiger partial charge in [-0.15, -0.1) is 0 Å². The molecule has 1 aliphatic heterocycles. The Balaban J connectivity index is 2.03. The van der Waals surface area contributed by atoms with Gasteiger partial charge in [-0.25, -0.2) is 4.39 Å². The van der Waals surface area contributed by atoms with E-state index in [0.717, 1.165) is 12.8 Å². The first kappa shape index (κ1) is 13.8. The van der Waals surface area contributed by atoms with E-state index in [0.29, 0.717) is 12.4 Å². The summed E-state index contributed by atoms with van der Waals surface area (Å²) in [7, 11) is 1.46. The molecule has 0 aromatic heterocycles. The fraction of sp³-hybridized carbons (Fsp3) is 0.500. The predicted molar refractivity (Wildman–Crippen MR) is 68.9 cm³/mol. The molecule has 2 atom stereocenters. The van der Waals surface area contributed by atoms with Gasteiger partial charge in [0.15, 0.2) is 0 Å². The molecule has 19 heavy (non-hydrogen) atoms. The van der Waals surface area contributed by atoms with Crippen LogP contribution in [0.3, 0.4) is 0 Å². The molecule has 0 aliphatic carbocycles. The van der Waals surface area contributed by atoms with Gasteiger partial charge in [0.05, 0.1) is 18.8 Å². The molecule has 5 heteroatoms. The number of hydrogen-bond acceptors (Lipinski definition) is 3. The van der Waals surface area contributed by atoms with E-state index in [1.165, 1.54) is 19.2 Å². The highest BCUT2D eigenvalue weighted by Crippen LogP contribution is 2.18. The van der Waals surface area contributed by atoms with Crippen molar-refractivity contribution < 1.29 is 18.7 Å². The Morgan fingerprint density at radius 1 is 1.53 bits per heavy atom. The lowest BCUT2D eigenvalue weighted by molar-refractivity contribution is 0.0136. The second-order valence-electron chi connectivity index (χ2n) is 4.72. The lowest BCUT2D eigenvalue weighted by Gasteiger charge is -2.28. The maximum Gasteiger partial charge on any atom is 0.254 e. The number of carbonyl (C=O) groups is 1. The van der Waals surface area contributed by atoms with Gasteiger partial charge in [0.2, 0.25) is 0 Å². The third-order valence-corrected chi connectivity index (χ3v) is 3.24. The van der Waals surface area contributed by atoms with E-state index in [-0.39, 0.29) is 23.6 Å². The number of halogens is 1. The van der Waals surface area contributed by atoms with E-state index >= 15 is 0 Å². The fourth-order valence-electron chi connectivity index (χ4n) is 2.20. The number of rotatable bonds is 3. The molecule has 1 amide bonds. The molecule has 0 radical (unpaired) electrons. The second-order valence-corrected chi connectivity index (χ2v) is 4.72. The van der Waals surface area contributed by atoms with Crippen LogP contribution in [-0.4, -0.2) is 31.8 Å². The topological polar surface area (TPSA) is 47.6 Å². The molecule has 1 heterocycles. The maximum atomic E-state index is 13.8. The minimum atomic E-state index is -0.572. The molecule has 2 rings (SSSR count). The standard InChI is InChI=1S/C14H18FNO3/c1-9-7-10(5-6-19-9)16-14(17)12-4-3-11(18-2)8-13(12)15/h3-4,8-10H,5-7H2,1-2H3,(H,16,17). The Hall–Kier alpha value is -1.62. The van der Waals surface area contributed by atoms with Crippen molar-refractivity contribution in [3.63, 3.8) is 0 Å². The van der Waals surface area contributed by atoms with Crippen molar-refractivity contribution in [3.05, 3.63) is 29.6 Å². The Morgan fingerprint density at radius 3 is 2.95 bits per heavy atom. The first-order valence-corrected chi connectivity index (χ1v) is 6.36. The summed E-state index contributed by atoms with van der Waals surface area (Å²) in [6.07, 6.45) is 1.64. The van der Waals surface area contributed by atoms with Crippen LogP contribution in [0.2, 0.25) is 0 Å². The van der Waals surface area contributed by atoms with Crippen LogP contribution in [0.15, 0.2) is 18.2 Å². The molecule has 0 bridgehead atoms. The molecule has 4 nitrogen and oxygen atoms in total. The van der Waals surface area contributed by atoms with Crippen molar-refractivity contribution in [3.8, 4) is 5.75 Å². The zero-order chi connectivity index (χ0) is 13.8. The molecule has 2 unspecified atom stereocenters. The number of amides is 1. The third-order valence-electron chi connectivity index (χ3n) is 3.24. The van der Waals surface area contributed by atoms with E-state index in [1.807, 2.05) is 6.92 Å². The van der Waals surface area contributed by atoms with Crippen molar-refractivity contribution in [1.29, 1.82) is 0 Å². The maximum absolute atomic E-state index is 13.8. The molecule has 1 fully saturated rings. The van der Waals surface area contributed by atoms with E-state index in [9.17, 15) is 9.18 Å². The number of carbonyl (C=O) groups excluding carboxylic acids is 1. The first-order valence-electron chi connectivity index (χ1n) is 6.36. The Labute approximate surface area is 111 Å². The van der Waals surface area contributed by atoms with Gasteiger partial charge in [-0.3, -0.25) is 4.79 Å². The first-order chi connectivity index (χ1) is 9.10. The number of methoxy groups -OCH3 is 1. The van der Waals surface area contributed by atoms with Gasteiger partial charge in [-0.2, -0.15) is 0 Å². The molecular weight excluding hydrogens is 249 g/mol. The second kappa shape index (κ2) is 6.02. The Morgan fingerprint density at radius 2 is 2.32 bits per heavy atom. The summed E-state index contributed by atoms with van der Waals surface area (Å²) in [5.74, 6) is -0.565. The van der Waals surface area contributed by atoms with Crippen LogP contribution in [-0.2, 0) is 4.74 Å². The van der Waals surface area contributed by atoms with Crippen LogP contribution in [0.25, 0.3) is 0 Å². The smallest absolute Gasteiger partial charge is 0.254 e. The number of nitrogens with one attached hydrogen (secondary N) is 1. The molecular formula is C14H18FNO3. The van der Waals surface area contributed by atoms with E-state index < -0.39 is 5.82 Å². The third kappa shape index (κ3) is 3.44. The van der Waals surface area contributed by atoms with Gasteiger partial charge in [0.25, 0.3) is 5.91 Å². The highest BCUT2D eigenvalue weighted by Gasteiger charge is 2.22. The predicted octanol–water partition coefficient (Wildman–Crippen LogP) is 2.13. The lowest BCUT2D eigenvalue weighted by atomic mass is 10.0. The Bertz CT molecular complexity index is 464. The molecule has 0 saturated carbocycles. The zero-order valence-corrected chi connectivity index (χ0v) is 11.1. The number of benzene rings is 1. The highest BCUT2D eigenvalue weighted by molar-refractivity contribution is 5.94. The average Bonchev–Trinajstić information content (AvgIpc) is 2.38. The van der Waals surface area contributed by atoms with Gasteiger partial charge in [-0.1, -0.05) is 0 Å².